The second-order valence-corrected chi connectivity index (χ2v) is 7.53. The van der Waals surface area contributed by atoms with Crippen molar-refractivity contribution in [1.29, 1.82) is 0 Å². The van der Waals surface area contributed by atoms with Crippen LogP contribution in [0.25, 0.3) is 0 Å². The molecule has 1 fully saturated rings. The molecule has 0 atom stereocenters. The number of nitrogens with zero attached hydrogens (tertiary/aromatic N) is 1. The molecule has 3 heterocycles. The molecule has 1 aliphatic rings. The van der Waals surface area contributed by atoms with Crippen molar-refractivity contribution in [2.45, 2.75) is 12.3 Å². The van der Waals surface area contributed by atoms with Gasteiger partial charge in [-0.3, -0.25) is 4.90 Å². The molecule has 0 bridgehead atoms. The van der Waals surface area contributed by atoms with Crippen LogP contribution in [0, 0.1) is 0 Å². The first-order valence-electron chi connectivity index (χ1n) is 8.01. The molecule has 1 aliphatic heterocycles. The number of morpholine rings is 1. The van der Waals surface area contributed by atoms with Crippen LogP contribution in [-0.4, -0.2) is 50.8 Å². The van der Waals surface area contributed by atoms with Crippen LogP contribution in [0.15, 0.2) is 35.0 Å². The molecule has 1 N–H and O–H groups in total. The van der Waals surface area contributed by atoms with Gasteiger partial charge in [-0.15, -0.1) is 22.7 Å². The number of thiophene rings is 2. The van der Waals surface area contributed by atoms with Gasteiger partial charge in [-0.2, -0.15) is 0 Å². The summed E-state index contributed by atoms with van der Waals surface area (Å²) in [7, 11) is 0. The fourth-order valence-electron chi connectivity index (χ4n) is 2.84. The van der Waals surface area contributed by atoms with Crippen molar-refractivity contribution >= 4 is 22.7 Å². The third-order valence-electron chi connectivity index (χ3n) is 4.09. The predicted molar refractivity (Wildman–Crippen MR) is 95.2 cm³/mol. The van der Waals surface area contributed by atoms with E-state index in [9.17, 15) is 0 Å². The Morgan fingerprint density at radius 1 is 1.05 bits per heavy atom. The van der Waals surface area contributed by atoms with E-state index in [1.165, 1.54) is 16.2 Å². The van der Waals surface area contributed by atoms with E-state index in [2.05, 4.69) is 45.2 Å². The number of rotatable bonds is 8. The first kappa shape index (κ1) is 16.1. The van der Waals surface area contributed by atoms with Crippen molar-refractivity contribution in [2.24, 2.45) is 0 Å². The van der Waals surface area contributed by atoms with Crippen molar-refractivity contribution in [2.75, 3.05) is 45.9 Å². The molecule has 0 spiro atoms. The molecular weight excluding hydrogens is 312 g/mol. The smallest absolute Gasteiger partial charge is 0.0594 e. The van der Waals surface area contributed by atoms with Crippen molar-refractivity contribution in [3.05, 3.63) is 44.8 Å². The average Bonchev–Trinajstić information content (AvgIpc) is 3.25. The minimum absolute atomic E-state index is 0.552. The Balaban J connectivity index is 1.42. The Morgan fingerprint density at radius 2 is 1.73 bits per heavy atom. The first-order chi connectivity index (χ1) is 10.9. The Bertz CT molecular complexity index is 473. The van der Waals surface area contributed by atoms with Gasteiger partial charge >= 0.3 is 0 Å². The van der Waals surface area contributed by atoms with Gasteiger partial charge in [-0.1, -0.05) is 12.1 Å². The van der Waals surface area contributed by atoms with Gasteiger partial charge in [0.15, 0.2) is 0 Å². The highest BCUT2D eigenvalue weighted by Gasteiger charge is 2.16. The topological polar surface area (TPSA) is 24.5 Å². The lowest BCUT2D eigenvalue weighted by molar-refractivity contribution is 0.0384. The van der Waals surface area contributed by atoms with Crippen LogP contribution in [0.1, 0.15) is 22.1 Å². The van der Waals surface area contributed by atoms with Crippen molar-refractivity contribution in [3.63, 3.8) is 0 Å². The zero-order valence-corrected chi connectivity index (χ0v) is 14.5. The molecule has 5 heteroatoms. The zero-order valence-electron chi connectivity index (χ0n) is 12.9. The van der Waals surface area contributed by atoms with Crippen LogP contribution in [-0.2, 0) is 4.74 Å². The Morgan fingerprint density at radius 3 is 2.32 bits per heavy atom. The highest BCUT2D eigenvalue weighted by atomic mass is 32.1. The van der Waals surface area contributed by atoms with E-state index in [-0.39, 0.29) is 0 Å². The fourth-order valence-corrected chi connectivity index (χ4v) is 4.67. The van der Waals surface area contributed by atoms with Crippen LogP contribution in [0.2, 0.25) is 0 Å². The van der Waals surface area contributed by atoms with Crippen molar-refractivity contribution in [1.82, 2.24) is 10.2 Å². The predicted octanol–water partition coefficient (Wildman–Crippen LogP) is 3.25. The Labute approximate surface area is 140 Å². The largest absolute Gasteiger partial charge is 0.379 e. The van der Waals surface area contributed by atoms with Gasteiger partial charge in [-0.25, -0.2) is 0 Å². The minimum Gasteiger partial charge on any atom is -0.379 e. The summed E-state index contributed by atoms with van der Waals surface area (Å²) in [4.78, 5) is 5.45. The monoisotopic (exact) mass is 336 g/mol. The molecule has 3 rings (SSSR count). The zero-order chi connectivity index (χ0) is 15.0. The second-order valence-electron chi connectivity index (χ2n) is 5.58. The molecule has 120 valence electrons. The lowest BCUT2D eigenvalue weighted by atomic mass is 10.0. The molecule has 2 aromatic heterocycles. The highest BCUT2D eigenvalue weighted by Crippen LogP contribution is 2.33. The molecule has 22 heavy (non-hydrogen) atoms. The van der Waals surface area contributed by atoms with Crippen LogP contribution in [0.4, 0.5) is 0 Å². The number of ether oxygens (including phenoxy) is 1. The molecular formula is C17H24N2OS2. The molecule has 0 saturated carbocycles. The van der Waals surface area contributed by atoms with Crippen LogP contribution in [0.3, 0.4) is 0 Å². The Hall–Kier alpha value is -0.720. The van der Waals surface area contributed by atoms with Crippen molar-refractivity contribution in [3.8, 4) is 0 Å². The van der Waals surface area contributed by atoms with E-state index in [1.54, 1.807) is 0 Å². The SMILES string of the molecule is c1csc(C(CCNCCN2CCOCC2)c2cccs2)c1. The lowest BCUT2D eigenvalue weighted by Crippen LogP contribution is -2.40. The average molecular weight is 337 g/mol. The van der Waals surface area contributed by atoms with E-state index in [1.807, 2.05) is 22.7 Å². The summed E-state index contributed by atoms with van der Waals surface area (Å²) in [5.74, 6) is 0.552. The number of hydrogen-bond donors (Lipinski definition) is 1. The van der Waals surface area contributed by atoms with Gasteiger partial charge in [0.05, 0.1) is 13.2 Å². The Kier molecular flexibility index (Phi) is 6.45. The van der Waals surface area contributed by atoms with E-state index in [0.29, 0.717) is 5.92 Å². The summed E-state index contributed by atoms with van der Waals surface area (Å²) in [6, 6.07) is 8.85. The van der Waals surface area contributed by atoms with E-state index in [4.69, 9.17) is 4.74 Å². The summed E-state index contributed by atoms with van der Waals surface area (Å²) < 4.78 is 5.38. The first-order valence-corrected chi connectivity index (χ1v) is 9.77. The summed E-state index contributed by atoms with van der Waals surface area (Å²) >= 11 is 3.75. The third-order valence-corrected chi connectivity index (χ3v) is 6.06. The van der Waals surface area contributed by atoms with Gasteiger partial charge in [0, 0.05) is 41.9 Å². The third kappa shape index (κ3) is 4.64. The molecule has 0 radical (unpaired) electrons. The molecule has 0 aromatic carbocycles. The molecule has 0 aliphatic carbocycles. The fraction of sp³-hybridized carbons (Fsp3) is 0.529. The standard InChI is InChI=1S/C17H24N2OS2/c1-3-16(21-13-1)15(17-4-2-14-22-17)5-6-18-7-8-19-9-11-20-12-10-19/h1-4,13-15,18H,5-12H2. The van der Waals surface area contributed by atoms with E-state index in [0.717, 1.165) is 45.9 Å². The van der Waals surface area contributed by atoms with Gasteiger partial charge in [-0.05, 0) is 35.9 Å². The molecule has 0 amide bonds. The highest BCUT2D eigenvalue weighted by molar-refractivity contribution is 7.11. The van der Waals surface area contributed by atoms with E-state index >= 15 is 0 Å². The van der Waals surface area contributed by atoms with Gasteiger partial charge in [0.2, 0.25) is 0 Å². The minimum atomic E-state index is 0.552. The number of nitrogens with one attached hydrogen (secondary N) is 1. The van der Waals surface area contributed by atoms with Crippen molar-refractivity contribution < 1.29 is 4.74 Å². The van der Waals surface area contributed by atoms with Gasteiger partial charge in [0.25, 0.3) is 0 Å². The molecule has 2 aromatic rings. The maximum Gasteiger partial charge on any atom is 0.0594 e. The summed E-state index contributed by atoms with van der Waals surface area (Å²) in [5, 5.41) is 7.98. The van der Waals surface area contributed by atoms with Gasteiger partial charge < -0.3 is 10.1 Å². The maximum absolute atomic E-state index is 5.38. The molecule has 0 unspecified atom stereocenters. The summed E-state index contributed by atoms with van der Waals surface area (Å²) in [5.41, 5.74) is 0. The molecule has 1 saturated heterocycles. The van der Waals surface area contributed by atoms with Gasteiger partial charge in [0.1, 0.15) is 0 Å². The second kappa shape index (κ2) is 8.79. The van der Waals surface area contributed by atoms with Crippen LogP contribution in [0.5, 0.6) is 0 Å². The maximum atomic E-state index is 5.38. The molecule has 3 nitrogen and oxygen atoms in total. The van der Waals surface area contributed by atoms with E-state index < -0.39 is 0 Å². The van der Waals surface area contributed by atoms with Crippen LogP contribution >= 0.6 is 22.7 Å². The summed E-state index contributed by atoms with van der Waals surface area (Å²) in [6.45, 7) is 7.21. The van der Waals surface area contributed by atoms with Crippen LogP contribution < -0.4 is 5.32 Å². The normalized spacial score (nSPS) is 16.4. The summed E-state index contributed by atoms with van der Waals surface area (Å²) in [6.07, 6.45) is 1.17. The quantitative estimate of drug-likeness (QED) is 0.749. The lowest BCUT2D eigenvalue weighted by Gasteiger charge is -2.26. The number of hydrogen-bond acceptors (Lipinski definition) is 5.